The molecular weight excluding hydrogens is 298 g/mol. The van der Waals surface area contributed by atoms with Crippen LogP contribution in [0.2, 0.25) is 0 Å². The van der Waals surface area contributed by atoms with Gasteiger partial charge in [-0.05, 0) is 47.9 Å². The van der Waals surface area contributed by atoms with Crippen LogP contribution in [0.4, 0.5) is 11.4 Å². The Balaban J connectivity index is 1.91. The first-order chi connectivity index (χ1) is 11.7. The molecule has 0 bridgehead atoms. The van der Waals surface area contributed by atoms with Crippen LogP contribution in [0.25, 0.3) is 11.1 Å². The Morgan fingerprint density at radius 1 is 0.833 bits per heavy atom. The average molecular weight is 317 g/mol. The Morgan fingerprint density at radius 3 is 2.25 bits per heavy atom. The number of benzene rings is 3. The molecule has 0 aliphatic heterocycles. The predicted octanol–water partition coefficient (Wildman–Crippen LogP) is 5.19. The minimum Gasteiger partial charge on any atom is -0.465 e. The quantitative estimate of drug-likeness (QED) is 0.673. The summed E-state index contributed by atoms with van der Waals surface area (Å²) >= 11 is 0. The molecular formula is C21H19NO2. The van der Waals surface area contributed by atoms with Crippen molar-refractivity contribution in [2.75, 3.05) is 12.4 Å². The van der Waals surface area contributed by atoms with Gasteiger partial charge in [-0.1, -0.05) is 48.5 Å². The van der Waals surface area contributed by atoms with E-state index in [2.05, 4.69) is 36.5 Å². The van der Waals surface area contributed by atoms with Crippen LogP contribution in [-0.4, -0.2) is 13.1 Å². The molecule has 0 radical (unpaired) electrons. The lowest BCUT2D eigenvalue weighted by Gasteiger charge is -2.14. The molecule has 3 nitrogen and oxygen atoms in total. The molecule has 0 fully saturated rings. The Kier molecular flexibility index (Phi) is 4.62. The van der Waals surface area contributed by atoms with Crippen molar-refractivity contribution in [1.29, 1.82) is 0 Å². The van der Waals surface area contributed by atoms with E-state index in [9.17, 15) is 4.79 Å². The van der Waals surface area contributed by atoms with E-state index in [4.69, 9.17) is 4.74 Å². The molecule has 0 aromatic heterocycles. The lowest BCUT2D eigenvalue weighted by Crippen LogP contribution is -2.05. The molecule has 0 spiro atoms. The Bertz CT molecular complexity index is 857. The van der Waals surface area contributed by atoms with E-state index >= 15 is 0 Å². The zero-order chi connectivity index (χ0) is 16.9. The van der Waals surface area contributed by atoms with Gasteiger partial charge in [0.2, 0.25) is 0 Å². The Morgan fingerprint density at radius 2 is 1.54 bits per heavy atom. The summed E-state index contributed by atoms with van der Waals surface area (Å²) < 4.78 is 4.84. The third kappa shape index (κ3) is 3.30. The van der Waals surface area contributed by atoms with Gasteiger partial charge in [-0.15, -0.1) is 0 Å². The van der Waals surface area contributed by atoms with Gasteiger partial charge in [0.15, 0.2) is 0 Å². The zero-order valence-corrected chi connectivity index (χ0v) is 13.7. The number of hydrogen-bond donors (Lipinski definition) is 1. The summed E-state index contributed by atoms with van der Waals surface area (Å²) in [6.07, 6.45) is 0. The molecule has 0 atom stereocenters. The lowest BCUT2D eigenvalue weighted by molar-refractivity contribution is 0.0602. The van der Waals surface area contributed by atoms with Crippen LogP contribution in [-0.2, 0) is 4.74 Å². The number of esters is 1. The zero-order valence-electron chi connectivity index (χ0n) is 13.7. The van der Waals surface area contributed by atoms with E-state index in [-0.39, 0.29) is 5.97 Å². The van der Waals surface area contributed by atoms with Gasteiger partial charge in [-0.3, -0.25) is 0 Å². The molecule has 0 aliphatic carbocycles. The van der Waals surface area contributed by atoms with Gasteiger partial charge in [0.25, 0.3) is 0 Å². The summed E-state index contributed by atoms with van der Waals surface area (Å²) in [5.74, 6) is -0.350. The molecule has 3 aromatic carbocycles. The number of carbonyl (C=O) groups is 1. The molecule has 3 aromatic rings. The van der Waals surface area contributed by atoms with Crippen molar-refractivity contribution < 1.29 is 9.53 Å². The first-order valence-corrected chi connectivity index (χ1v) is 7.79. The summed E-state index contributed by atoms with van der Waals surface area (Å²) in [6.45, 7) is 2.05. The van der Waals surface area contributed by atoms with Gasteiger partial charge in [-0.2, -0.15) is 0 Å². The van der Waals surface area contributed by atoms with Crippen LogP contribution >= 0.6 is 0 Å². The first kappa shape index (κ1) is 15.8. The fourth-order valence-electron chi connectivity index (χ4n) is 2.64. The van der Waals surface area contributed by atoms with Crippen LogP contribution < -0.4 is 5.32 Å². The maximum absolute atomic E-state index is 11.9. The van der Waals surface area contributed by atoms with Gasteiger partial charge in [0.05, 0.1) is 18.4 Å². The normalized spacial score (nSPS) is 10.2. The minimum absolute atomic E-state index is 0.350. The van der Waals surface area contributed by atoms with Crippen LogP contribution in [0, 0.1) is 6.92 Å². The molecule has 3 rings (SSSR count). The summed E-state index contributed by atoms with van der Waals surface area (Å²) in [5, 5.41) is 3.33. The highest BCUT2D eigenvalue weighted by atomic mass is 16.5. The van der Waals surface area contributed by atoms with Crippen molar-refractivity contribution in [2.45, 2.75) is 6.92 Å². The van der Waals surface area contributed by atoms with Gasteiger partial charge in [-0.25, -0.2) is 4.79 Å². The van der Waals surface area contributed by atoms with Gasteiger partial charge in [0, 0.05) is 5.69 Å². The molecule has 0 aliphatic rings. The van der Waals surface area contributed by atoms with Crippen LogP contribution in [0.5, 0.6) is 0 Å². The lowest BCUT2D eigenvalue weighted by atomic mass is 10.0. The number of ether oxygens (including phenoxy) is 1. The number of methoxy groups -OCH3 is 1. The molecule has 24 heavy (non-hydrogen) atoms. The second-order valence-electron chi connectivity index (χ2n) is 5.56. The van der Waals surface area contributed by atoms with Crippen molar-refractivity contribution in [1.82, 2.24) is 0 Å². The second-order valence-corrected chi connectivity index (χ2v) is 5.56. The Hall–Kier alpha value is -3.07. The fourth-order valence-corrected chi connectivity index (χ4v) is 2.64. The van der Waals surface area contributed by atoms with Crippen LogP contribution in [0.1, 0.15) is 15.9 Å². The molecule has 0 amide bonds. The molecule has 3 heteroatoms. The van der Waals surface area contributed by atoms with Crippen LogP contribution in [0.15, 0.2) is 72.8 Å². The fraction of sp³-hybridized carbons (Fsp3) is 0.0952. The van der Waals surface area contributed by atoms with Gasteiger partial charge < -0.3 is 10.1 Å². The topological polar surface area (TPSA) is 38.3 Å². The van der Waals surface area contributed by atoms with Gasteiger partial charge >= 0.3 is 5.97 Å². The van der Waals surface area contributed by atoms with Crippen molar-refractivity contribution in [3.8, 4) is 11.1 Å². The predicted molar refractivity (Wildman–Crippen MR) is 97.7 cm³/mol. The molecule has 0 heterocycles. The number of rotatable bonds is 4. The van der Waals surface area contributed by atoms with E-state index in [0.29, 0.717) is 5.56 Å². The number of carbonyl (C=O) groups excluding carboxylic acids is 1. The van der Waals surface area contributed by atoms with E-state index in [0.717, 1.165) is 16.9 Å². The highest BCUT2D eigenvalue weighted by Gasteiger charge is 2.12. The van der Waals surface area contributed by atoms with E-state index in [1.165, 1.54) is 18.2 Å². The van der Waals surface area contributed by atoms with Crippen molar-refractivity contribution >= 4 is 17.3 Å². The SMILES string of the molecule is COC(=O)c1ccccc1Nc1ccc(-c2ccccc2)cc1C. The third-order valence-electron chi connectivity index (χ3n) is 3.94. The maximum atomic E-state index is 11.9. The van der Waals surface area contributed by atoms with E-state index in [1.54, 1.807) is 6.07 Å². The largest absolute Gasteiger partial charge is 0.465 e. The standard InChI is InChI=1S/C21H19NO2/c1-15-14-17(16-8-4-3-5-9-16)12-13-19(15)22-20-11-7-6-10-18(20)21(23)24-2/h3-14,22H,1-2H3. The molecule has 0 unspecified atom stereocenters. The van der Waals surface area contributed by atoms with Gasteiger partial charge in [0.1, 0.15) is 0 Å². The van der Waals surface area contributed by atoms with Crippen molar-refractivity contribution in [2.24, 2.45) is 0 Å². The average Bonchev–Trinajstić information content (AvgIpc) is 2.64. The molecule has 0 saturated heterocycles. The van der Waals surface area contributed by atoms with Crippen molar-refractivity contribution in [3.63, 3.8) is 0 Å². The number of aryl methyl sites for hydroxylation is 1. The monoisotopic (exact) mass is 317 g/mol. The van der Waals surface area contributed by atoms with Crippen molar-refractivity contribution in [3.05, 3.63) is 83.9 Å². The summed E-state index contributed by atoms with van der Waals surface area (Å²) in [7, 11) is 1.39. The smallest absolute Gasteiger partial charge is 0.339 e. The summed E-state index contributed by atoms with van der Waals surface area (Å²) in [6, 6.07) is 23.8. The summed E-state index contributed by atoms with van der Waals surface area (Å²) in [5.41, 5.74) is 5.68. The van der Waals surface area contributed by atoms with Crippen LogP contribution in [0.3, 0.4) is 0 Å². The number of hydrogen-bond acceptors (Lipinski definition) is 3. The summed E-state index contributed by atoms with van der Waals surface area (Å²) in [4.78, 5) is 11.9. The maximum Gasteiger partial charge on any atom is 0.339 e. The van der Waals surface area contributed by atoms with E-state index in [1.807, 2.05) is 42.5 Å². The van der Waals surface area contributed by atoms with E-state index < -0.39 is 0 Å². The molecule has 0 saturated carbocycles. The number of para-hydroxylation sites is 1. The minimum atomic E-state index is -0.350. The molecule has 1 N–H and O–H groups in total. The first-order valence-electron chi connectivity index (χ1n) is 7.79. The molecule has 120 valence electrons. The highest BCUT2D eigenvalue weighted by molar-refractivity contribution is 5.96. The number of nitrogens with one attached hydrogen (secondary N) is 1. The number of anilines is 2. The third-order valence-corrected chi connectivity index (χ3v) is 3.94. The highest BCUT2D eigenvalue weighted by Crippen LogP contribution is 2.28. The second kappa shape index (κ2) is 7.01. The Labute approximate surface area is 141 Å².